The van der Waals surface area contributed by atoms with E-state index >= 15 is 0 Å². The van der Waals surface area contributed by atoms with Gasteiger partial charge in [0.15, 0.2) is 0 Å². The van der Waals surface area contributed by atoms with E-state index in [1.165, 1.54) is 0 Å². The molecule has 0 aliphatic heterocycles. The molecule has 0 saturated heterocycles. The number of nitrogens with zero attached hydrogens (tertiary/aromatic N) is 3. The van der Waals surface area contributed by atoms with Gasteiger partial charge in [-0.2, -0.15) is 0 Å². The van der Waals surface area contributed by atoms with E-state index in [1.807, 2.05) is 37.4 Å². The van der Waals surface area contributed by atoms with Gasteiger partial charge in [0, 0.05) is 35.1 Å². The maximum absolute atomic E-state index is 12.4. The molecule has 1 aromatic carbocycles. The van der Waals surface area contributed by atoms with Crippen LogP contribution in [0.1, 0.15) is 32.4 Å². The fourth-order valence-electron chi connectivity index (χ4n) is 3.00. The van der Waals surface area contributed by atoms with Crippen molar-refractivity contribution in [2.45, 2.75) is 40.2 Å². The highest BCUT2D eigenvalue weighted by atomic mass is 35.5. The van der Waals surface area contributed by atoms with Gasteiger partial charge in [-0.05, 0) is 25.0 Å². The lowest BCUT2D eigenvalue weighted by Gasteiger charge is -2.18. The van der Waals surface area contributed by atoms with Gasteiger partial charge in [0.25, 0.3) is 5.56 Å². The molecule has 0 fully saturated rings. The van der Waals surface area contributed by atoms with Crippen LogP contribution in [0.25, 0.3) is 17.0 Å². The van der Waals surface area contributed by atoms with Crippen LogP contribution in [-0.4, -0.2) is 14.0 Å². The third-order valence-electron chi connectivity index (χ3n) is 4.66. The number of benzene rings is 1. The van der Waals surface area contributed by atoms with Crippen LogP contribution in [-0.2, 0) is 6.54 Å². The fraction of sp³-hybridized carbons (Fsp3) is 0.368. The number of rotatable bonds is 5. The summed E-state index contributed by atoms with van der Waals surface area (Å²) < 4.78 is 3.79. The summed E-state index contributed by atoms with van der Waals surface area (Å²) >= 11 is 5.96. The first kappa shape index (κ1) is 16.8. The van der Waals surface area contributed by atoms with E-state index in [0.29, 0.717) is 16.7 Å². The van der Waals surface area contributed by atoms with Crippen LogP contribution in [0.2, 0.25) is 5.02 Å². The first-order valence-electron chi connectivity index (χ1n) is 8.39. The minimum absolute atomic E-state index is 0.0454. The third-order valence-corrected chi connectivity index (χ3v) is 4.91. The second kappa shape index (κ2) is 6.81. The van der Waals surface area contributed by atoms with E-state index in [0.717, 1.165) is 36.3 Å². The topological polar surface area (TPSA) is 39.3 Å². The molecular weight excluding hydrogens is 322 g/mol. The SMILES string of the molecule is CCC(CC)Cn1c(C)cc(=O)n2cc(-c3ccc(Cl)cc3)nc12. The zero-order valence-corrected chi connectivity index (χ0v) is 15.0. The monoisotopic (exact) mass is 343 g/mol. The minimum Gasteiger partial charge on any atom is -0.315 e. The zero-order chi connectivity index (χ0) is 17.3. The number of hydrogen-bond acceptors (Lipinski definition) is 2. The second-order valence-corrected chi connectivity index (χ2v) is 6.66. The van der Waals surface area contributed by atoms with Crippen LogP contribution in [0, 0.1) is 12.8 Å². The molecule has 0 radical (unpaired) electrons. The van der Waals surface area contributed by atoms with Crippen molar-refractivity contribution in [2.75, 3.05) is 0 Å². The van der Waals surface area contributed by atoms with Gasteiger partial charge in [-0.3, -0.25) is 9.20 Å². The van der Waals surface area contributed by atoms with Crippen LogP contribution in [0.3, 0.4) is 0 Å². The first-order chi connectivity index (χ1) is 11.5. The largest absolute Gasteiger partial charge is 0.315 e. The summed E-state index contributed by atoms with van der Waals surface area (Å²) in [5.74, 6) is 1.28. The van der Waals surface area contributed by atoms with Crippen molar-refractivity contribution in [3.05, 3.63) is 57.6 Å². The van der Waals surface area contributed by atoms with Crippen molar-refractivity contribution in [3.8, 4) is 11.3 Å². The Balaban J connectivity index is 2.15. The van der Waals surface area contributed by atoms with Gasteiger partial charge >= 0.3 is 0 Å². The Kier molecular flexibility index (Phi) is 4.76. The van der Waals surface area contributed by atoms with E-state index in [9.17, 15) is 4.79 Å². The number of fused-ring (bicyclic) bond motifs is 1. The molecule has 24 heavy (non-hydrogen) atoms. The van der Waals surface area contributed by atoms with Crippen molar-refractivity contribution in [2.24, 2.45) is 5.92 Å². The summed E-state index contributed by atoms with van der Waals surface area (Å²) in [6.07, 6.45) is 4.03. The molecule has 0 aliphatic rings. The van der Waals surface area contributed by atoms with Crippen molar-refractivity contribution in [3.63, 3.8) is 0 Å². The highest BCUT2D eigenvalue weighted by Crippen LogP contribution is 2.22. The molecule has 2 heterocycles. The summed E-state index contributed by atoms with van der Waals surface area (Å²) in [6, 6.07) is 9.20. The van der Waals surface area contributed by atoms with Gasteiger partial charge in [-0.1, -0.05) is 50.4 Å². The summed E-state index contributed by atoms with van der Waals surface area (Å²) in [4.78, 5) is 17.1. The quantitative estimate of drug-likeness (QED) is 0.681. The van der Waals surface area contributed by atoms with Gasteiger partial charge in [0.05, 0.1) is 5.69 Å². The summed E-state index contributed by atoms with van der Waals surface area (Å²) in [7, 11) is 0. The zero-order valence-electron chi connectivity index (χ0n) is 14.3. The molecular formula is C19H22ClN3O. The maximum atomic E-state index is 12.4. The van der Waals surface area contributed by atoms with Crippen molar-refractivity contribution in [1.29, 1.82) is 0 Å². The van der Waals surface area contributed by atoms with Crippen LogP contribution in [0.4, 0.5) is 0 Å². The Bertz CT molecular complexity index is 905. The Morgan fingerprint density at radius 1 is 1.17 bits per heavy atom. The van der Waals surface area contributed by atoms with Crippen LogP contribution in [0.15, 0.2) is 41.3 Å². The smallest absolute Gasteiger partial charge is 0.259 e. The lowest BCUT2D eigenvalue weighted by Crippen LogP contribution is -2.21. The molecule has 0 amide bonds. The average molecular weight is 344 g/mol. The standard InChI is InChI=1S/C19H22ClN3O/c1-4-14(5-2)11-22-13(3)10-18(24)23-12-17(21-19(22)23)15-6-8-16(20)9-7-15/h6-10,12,14H,4-5,11H2,1-3H3. The highest BCUT2D eigenvalue weighted by Gasteiger charge is 2.14. The molecule has 3 rings (SSSR count). The van der Waals surface area contributed by atoms with E-state index < -0.39 is 0 Å². The summed E-state index contributed by atoms with van der Waals surface area (Å²) in [6.45, 7) is 7.25. The van der Waals surface area contributed by atoms with Crippen molar-refractivity contribution in [1.82, 2.24) is 14.0 Å². The number of aryl methyl sites for hydroxylation is 1. The van der Waals surface area contributed by atoms with Crippen molar-refractivity contribution < 1.29 is 0 Å². The molecule has 0 saturated carbocycles. The summed E-state index contributed by atoms with van der Waals surface area (Å²) in [5, 5.41) is 0.687. The maximum Gasteiger partial charge on any atom is 0.259 e. The van der Waals surface area contributed by atoms with Gasteiger partial charge in [0.2, 0.25) is 5.78 Å². The third kappa shape index (κ3) is 3.11. The first-order valence-corrected chi connectivity index (χ1v) is 8.76. The molecule has 126 valence electrons. The molecule has 2 aromatic heterocycles. The fourth-order valence-corrected chi connectivity index (χ4v) is 3.12. The lowest BCUT2D eigenvalue weighted by atomic mass is 10.0. The number of halogens is 1. The molecule has 5 heteroatoms. The summed E-state index contributed by atoms with van der Waals surface area (Å²) in [5.41, 5.74) is 2.64. The second-order valence-electron chi connectivity index (χ2n) is 6.22. The molecule has 0 spiro atoms. The van der Waals surface area contributed by atoms with E-state index in [-0.39, 0.29) is 5.56 Å². The Morgan fingerprint density at radius 2 is 1.83 bits per heavy atom. The Labute approximate surface area is 146 Å². The molecule has 0 atom stereocenters. The average Bonchev–Trinajstić information content (AvgIpc) is 3.01. The van der Waals surface area contributed by atoms with E-state index in [4.69, 9.17) is 16.6 Å². The van der Waals surface area contributed by atoms with Gasteiger partial charge < -0.3 is 4.57 Å². The van der Waals surface area contributed by atoms with Crippen molar-refractivity contribution >= 4 is 17.4 Å². The lowest BCUT2D eigenvalue weighted by molar-refractivity contribution is 0.415. The van der Waals surface area contributed by atoms with Gasteiger partial charge in [-0.15, -0.1) is 0 Å². The molecule has 0 aliphatic carbocycles. The molecule has 0 N–H and O–H groups in total. The predicted octanol–water partition coefficient (Wildman–Crippen LogP) is 4.56. The Morgan fingerprint density at radius 3 is 2.46 bits per heavy atom. The normalized spacial score (nSPS) is 11.5. The van der Waals surface area contributed by atoms with E-state index in [2.05, 4.69) is 18.4 Å². The molecule has 0 bridgehead atoms. The van der Waals surface area contributed by atoms with Crippen LogP contribution in [0.5, 0.6) is 0 Å². The Hall–Kier alpha value is -2.07. The van der Waals surface area contributed by atoms with Crippen LogP contribution < -0.4 is 5.56 Å². The predicted molar refractivity (Wildman–Crippen MR) is 98.7 cm³/mol. The number of hydrogen-bond donors (Lipinski definition) is 0. The molecule has 4 nitrogen and oxygen atoms in total. The highest BCUT2D eigenvalue weighted by molar-refractivity contribution is 6.30. The molecule has 3 aromatic rings. The van der Waals surface area contributed by atoms with Gasteiger partial charge in [-0.25, -0.2) is 4.98 Å². The molecule has 0 unspecified atom stereocenters. The van der Waals surface area contributed by atoms with Gasteiger partial charge in [0.1, 0.15) is 0 Å². The number of imidazole rings is 1. The van der Waals surface area contributed by atoms with E-state index in [1.54, 1.807) is 10.5 Å². The van der Waals surface area contributed by atoms with Crippen LogP contribution >= 0.6 is 11.6 Å². The number of aromatic nitrogens is 3. The minimum atomic E-state index is -0.0454.